The van der Waals surface area contributed by atoms with Crippen molar-refractivity contribution in [1.82, 2.24) is 0 Å². The molecule has 0 fully saturated rings. The number of para-hydroxylation sites is 1. The minimum atomic E-state index is 0. The molecule has 0 spiro atoms. The fourth-order valence-corrected chi connectivity index (χ4v) is 1.03. The minimum Gasteiger partial charge on any atom is -0.508 e. The molecular weight excluding hydrogens is 265 g/mol. The second-order valence-electron chi connectivity index (χ2n) is 2.81. The van der Waals surface area contributed by atoms with Gasteiger partial charge >= 0.3 is 0 Å². The van der Waals surface area contributed by atoms with Crippen molar-refractivity contribution in [2.24, 2.45) is 5.73 Å². The van der Waals surface area contributed by atoms with Crippen LogP contribution in [0.3, 0.4) is 0 Å². The van der Waals surface area contributed by atoms with Crippen molar-refractivity contribution in [3.8, 4) is 5.75 Å². The average Bonchev–Trinajstić information content (AvgIpc) is 1.93. The van der Waals surface area contributed by atoms with Gasteiger partial charge in [-0.3, -0.25) is 0 Å². The third-order valence-corrected chi connectivity index (χ3v) is 1.53. The van der Waals surface area contributed by atoms with E-state index >= 15 is 0 Å². The van der Waals surface area contributed by atoms with Gasteiger partial charge in [-0.15, -0.1) is 24.0 Å². The van der Waals surface area contributed by atoms with Gasteiger partial charge in [0, 0.05) is 6.04 Å². The average molecular weight is 279 g/mol. The third kappa shape index (κ3) is 3.40. The molecule has 1 aromatic rings. The molecule has 3 heteroatoms. The summed E-state index contributed by atoms with van der Waals surface area (Å²) in [6.45, 7) is 1.92. The van der Waals surface area contributed by atoms with E-state index < -0.39 is 0 Å². The largest absolute Gasteiger partial charge is 0.508 e. The Labute approximate surface area is 89.8 Å². The summed E-state index contributed by atoms with van der Waals surface area (Å²) in [5.74, 6) is 0.338. The lowest BCUT2D eigenvalue weighted by molar-refractivity contribution is 0.465. The van der Waals surface area contributed by atoms with Crippen LogP contribution >= 0.6 is 24.0 Å². The summed E-state index contributed by atoms with van der Waals surface area (Å²) in [5, 5.41) is 9.30. The van der Waals surface area contributed by atoms with Crippen LogP contribution in [0.15, 0.2) is 24.3 Å². The van der Waals surface area contributed by atoms with Crippen LogP contribution in [0.5, 0.6) is 5.75 Å². The molecule has 1 rings (SSSR count). The van der Waals surface area contributed by atoms with E-state index in [0.29, 0.717) is 5.75 Å². The second kappa shape index (κ2) is 5.37. The smallest absolute Gasteiger partial charge is 0.118 e. The molecule has 1 aromatic carbocycles. The van der Waals surface area contributed by atoms with E-state index in [-0.39, 0.29) is 30.0 Å². The molecule has 0 radical (unpaired) electrons. The maximum absolute atomic E-state index is 9.30. The first-order valence-corrected chi connectivity index (χ1v) is 3.72. The Morgan fingerprint density at radius 3 is 2.50 bits per heavy atom. The van der Waals surface area contributed by atoms with Gasteiger partial charge in [-0.25, -0.2) is 0 Å². The zero-order valence-corrected chi connectivity index (χ0v) is 9.36. The highest BCUT2D eigenvalue weighted by Gasteiger charge is 2.01. The maximum Gasteiger partial charge on any atom is 0.118 e. The normalized spacial score (nSPS) is 11.8. The zero-order valence-electron chi connectivity index (χ0n) is 7.03. The molecule has 2 nitrogen and oxygen atoms in total. The highest BCUT2D eigenvalue weighted by molar-refractivity contribution is 14.0. The Balaban J connectivity index is 0.00000121. The van der Waals surface area contributed by atoms with Gasteiger partial charge in [0.1, 0.15) is 5.75 Å². The van der Waals surface area contributed by atoms with Gasteiger partial charge in [0.05, 0.1) is 0 Å². The number of aromatic hydroxyl groups is 1. The van der Waals surface area contributed by atoms with E-state index in [2.05, 4.69) is 0 Å². The monoisotopic (exact) mass is 279 g/mol. The van der Waals surface area contributed by atoms with E-state index in [1.807, 2.05) is 19.1 Å². The Morgan fingerprint density at radius 1 is 1.42 bits per heavy atom. The quantitative estimate of drug-likeness (QED) is 0.812. The van der Waals surface area contributed by atoms with Crippen molar-refractivity contribution < 1.29 is 5.11 Å². The fraction of sp³-hybridized carbons (Fsp3) is 0.333. The van der Waals surface area contributed by atoms with Crippen molar-refractivity contribution in [2.45, 2.75) is 19.4 Å². The predicted octanol–water partition coefficient (Wildman–Crippen LogP) is 1.90. The summed E-state index contributed by atoms with van der Waals surface area (Å²) in [6, 6.07) is 7.37. The maximum atomic E-state index is 9.30. The number of nitrogens with two attached hydrogens (primary N) is 1. The van der Waals surface area contributed by atoms with E-state index in [0.717, 1.165) is 12.0 Å². The van der Waals surface area contributed by atoms with E-state index in [4.69, 9.17) is 5.73 Å². The lowest BCUT2D eigenvalue weighted by Gasteiger charge is -2.05. The number of phenols is 1. The van der Waals surface area contributed by atoms with Crippen molar-refractivity contribution in [3.05, 3.63) is 29.8 Å². The van der Waals surface area contributed by atoms with Crippen molar-refractivity contribution in [1.29, 1.82) is 0 Å². The highest BCUT2D eigenvalue weighted by Crippen LogP contribution is 2.16. The molecule has 0 bridgehead atoms. The SMILES string of the molecule is CC(N)Cc1ccccc1O.I. The topological polar surface area (TPSA) is 46.2 Å². The lowest BCUT2D eigenvalue weighted by atomic mass is 10.1. The molecule has 0 saturated carbocycles. The molecule has 68 valence electrons. The Kier molecular flexibility index (Phi) is 5.24. The molecule has 1 unspecified atom stereocenters. The first-order chi connectivity index (χ1) is 5.20. The van der Waals surface area contributed by atoms with Gasteiger partial charge in [0.25, 0.3) is 0 Å². The number of hydrogen-bond donors (Lipinski definition) is 2. The summed E-state index contributed by atoms with van der Waals surface area (Å²) in [4.78, 5) is 0. The van der Waals surface area contributed by atoms with Gasteiger partial charge < -0.3 is 10.8 Å². The van der Waals surface area contributed by atoms with Crippen LogP contribution in [-0.2, 0) is 6.42 Å². The summed E-state index contributed by atoms with van der Waals surface area (Å²) in [5.41, 5.74) is 6.50. The highest BCUT2D eigenvalue weighted by atomic mass is 127. The molecule has 12 heavy (non-hydrogen) atoms. The molecule has 3 N–H and O–H groups in total. The van der Waals surface area contributed by atoms with Crippen molar-refractivity contribution in [3.63, 3.8) is 0 Å². The van der Waals surface area contributed by atoms with Crippen LogP contribution in [0.2, 0.25) is 0 Å². The molecule has 0 aliphatic rings. The Morgan fingerprint density at radius 2 is 2.00 bits per heavy atom. The van der Waals surface area contributed by atoms with Crippen molar-refractivity contribution >= 4 is 24.0 Å². The van der Waals surface area contributed by atoms with Gasteiger partial charge in [-0.2, -0.15) is 0 Å². The number of benzene rings is 1. The standard InChI is InChI=1S/C9H13NO.HI/c1-7(10)6-8-4-2-3-5-9(8)11;/h2-5,7,11H,6,10H2,1H3;1H. The van der Waals surface area contributed by atoms with Crippen LogP contribution < -0.4 is 5.73 Å². The van der Waals surface area contributed by atoms with Crippen molar-refractivity contribution in [2.75, 3.05) is 0 Å². The third-order valence-electron chi connectivity index (χ3n) is 1.53. The second-order valence-corrected chi connectivity index (χ2v) is 2.81. The van der Waals surface area contributed by atoms with E-state index in [9.17, 15) is 5.11 Å². The lowest BCUT2D eigenvalue weighted by Crippen LogP contribution is -2.17. The van der Waals surface area contributed by atoms with Gasteiger partial charge in [-0.1, -0.05) is 18.2 Å². The van der Waals surface area contributed by atoms with Gasteiger partial charge in [0.2, 0.25) is 0 Å². The van der Waals surface area contributed by atoms with E-state index in [1.54, 1.807) is 12.1 Å². The van der Waals surface area contributed by atoms with Crippen LogP contribution in [0.25, 0.3) is 0 Å². The summed E-state index contributed by atoms with van der Waals surface area (Å²) in [7, 11) is 0. The molecule has 0 aromatic heterocycles. The Hall–Kier alpha value is -0.290. The molecule has 0 amide bonds. The zero-order chi connectivity index (χ0) is 8.27. The van der Waals surface area contributed by atoms with Gasteiger partial charge in [-0.05, 0) is 25.0 Å². The number of phenolic OH excluding ortho intramolecular Hbond substituents is 1. The van der Waals surface area contributed by atoms with Gasteiger partial charge in [0.15, 0.2) is 0 Å². The number of rotatable bonds is 2. The Bertz CT molecular complexity index is 238. The number of halogens is 1. The van der Waals surface area contributed by atoms with Crippen LogP contribution in [0.1, 0.15) is 12.5 Å². The molecule has 0 aliphatic heterocycles. The van der Waals surface area contributed by atoms with E-state index in [1.165, 1.54) is 0 Å². The molecule has 0 saturated heterocycles. The summed E-state index contributed by atoms with van der Waals surface area (Å²) < 4.78 is 0. The minimum absolute atomic E-state index is 0. The van der Waals surface area contributed by atoms with Crippen LogP contribution in [-0.4, -0.2) is 11.1 Å². The molecular formula is C9H14INO. The first-order valence-electron chi connectivity index (χ1n) is 3.72. The fourth-order valence-electron chi connectivity index (χ4n) is 1.03. The van der Waals surface area contributed by atoms with Crippen LogP contribution in [0, 0.1) is 0 Å². The molecule has 1 atom stereocenters. The predicted molar refractivity (Wildman–Crippen MR) is 60.9 cm³/mol. The first kappa shape index (κ1) is 11.7. The number of hydrogen-bond acceptors (Lipinski definition) is 2. The summed E-state index contributed by atoms with van der Waals surface area (Å²) in [6.07, 6.45) is 0.729. The summed E-state index contributed by atoms with van der Waals surface area (Å²) >= 11 is 0. The molecule has 0 aliphatic carbocycles. The van der Waals surface area contributed by atoms with Crippen LogP contribution in [0.4, 0.5) is 0 Å². The molecule has 0 heterocycles.